The highest BCUT2D eigenvalue weighted by Crippen LogP contribution is 1.96. The van der Waals surface area contributed by atoms with Crippen LogP contribution in [0.15, 0.2) is 11.9 Å². The Morgan fingerprint density at radius 2 is 1.22 bits per heavy atom. The standard InChI is InChI=1S/C22H42N4O10/c23-18(16-19(24)22(30)31)17-25-4-6-32-8-10-34-12-14-36-15-13-35-11-9-33-7-5-26-20(27)2-1-3-21(28)29/h17,19,25H,1-16,23-24H2,(H,26,27)(H,28,29)(H,30,31)/b18-17-/t19-/m0/s1. The maximum Gasteiger partial charge on any atom is 0.320 e. The molecule has 0 saturated carbocycles. The fourth-order valence-corrected chi connectivity index (χ4v) is 2.47. The topological polar surface area (TPSA) is 214 Å². The van der Waals surface area contributed by atoms with Crippen molar-refractivity contribution in [2.45, 2.75) is 31.7 Å². The minimum Gasteiger partial charge on any atom is -0.481 e. The van der Waals surface area contributed by atoms with Gasteiger partial charge in [-0.05, 0) is 6.42 Å². The summed E-state index contributed by atoms with van der Waals surface area (Å²) in [6, 6.07) is -1.02. The molecule has 0 aromatic rings. The van der Waals surface area contributed by atoms with Crippen molar-refractivity contribution in [3.05, 3.63) is 11.9 Å². The summed E-state index contributed by atoms with van der Waals surface area (Å²) in [6.45, 7) is 5.12. The first kappa shape index (κ1) is 33.5. The molecule has 0 aromatic heterocycles. The molecule has 0 aliphatic rings. The molecule has 0 unspecified atom stereocenters. The number of carbonyl (C=O) groups excluding carboxylic acids is 1. The molecule has 1 amide bonds. The van der Waals surface area contributed by atoms with E-state index in [-0.39, 0.29) is 25.2 Å². The molecular weight excluding hydrogens is 480 g/mol. The third-order valence-electron chi connectivity index (χ3n) is 4.30. The fourth-order valence-electron chi connectivity index (χ4n) is 2.47. The van der Waals surface area contributed by atoms with Crippen LogP contribution >= 0.6 is 0 Å². The van der Waals surface area contributed by atoms with Crippen molar-refractivity contribution in [1.29, 1.82) is 0 Å². The highest BCUT2D eigenvalue weighted by atomic mass is 16.6. The number of ether oxygens (including phenoxy) is 5. The number of hydrogen-bond donors (Lipinski definition) is 6. The SMILES string of the molecule is N/C(=C\NCCOCCOCCOCCOCCOCCNC(=O)CCCC(=O)O)C[C@H](N)C(=O)O. The molecule has 0 bridgehead atoms. The largest absolute Gasteiger partial charge is 0.481 e. The van der Waals surface area contributed by atoms with Crippen molar-refractivity contribution < 1.29 is 48.3 Å². The van der Waals surface area contributed by atoms with E-state index in [1.165, 1.54) is 6.20 Å². The van der Waals surface area contributed by atoms with Gasteiger partial charge in [0.1, 0.15) is 6.04 Å². The van der Waals surface area contributed by atoms with Crippen LogP contribution < -0.4 is 22.1 Å². The van der Waals surface area contributed by atoms with Gasteiger partial charge in [0.15, 0.2) is 0 Å². The Morgan fingerprint density at radius 3 is 1.69 bits per heavy atom. The highest BCUT2D eigenvalue weighted by molar-refractivity contribution is 5.76. The smallest absolute Gasteiger partial charge is 0.320 e. The van der Waals surface area contributed by atoms with E-state index >= 15 is 0 Å². The van der Waals surface area contributed by atoms with Crippen molar-refractivity contribution in [1.82, 2.24) is 10.6 Å². The molecule has 210 valence electrons. The van der Waals surface area contributed by atoms with Crippen molar-refractivity contribution in [2.24, 2.45) is 11.5 Å². The molecule has 14 nitrogen and oxygen atoms in total. The van der Waals surface area contributed by atoms with Gasteiger partial charge in [-0.3, -0.25) is 14.4 Å². The summed E-state index contributed by atoms with van der Waals surface area (Å²) in [5.41, 5.74) is 11.4. The molecule has 0 radical (unpaired) electrons. The predicted molar refractivity (Wildman–Crippen MR) is 129 cm³/mol. The molecule has 0 saturated heterocycles. The first-order chi connectivity index (χ1) is 17.3. The van der Waals surface area contributed by atoms with Crippen molar-refractivity contribution in [3.8, 4) is 0 Å². The van der Waals surface area contributed by atoms with E-state index in [2.05, 4.69) is 10.6 Å². The van der Waals surface area contributed by atoms with Crippen LogP contribution in [0, 0.1) is 0 Å². The second kappa shape index (κ2) is 24.2. The van der Waals surface area contributed by atoms with E-state index in [1.54, 1.807) is 0 Å². The number of aliphatic carboxylic acids is 2. The average molecular weight is 523 g/mol. The van der Waals surface area contributed by atoms with Crippen LogP contribution in [0.5, 0.6) is 0 Å². The summed E-state index contributed by atoms with van der Waals surface area (Å²) in [7, 11) is 0. The zero-order valence-electron chi connectivity index (χ0n) is 20.8. The molecule has 0 aliphatic carbocycles. The van der Waals surface area contributed by atoms with Gasteiger partial charge in [0, 0.05) is 44.2 Å². The Bertz CT molecular complexity index is 622. The number of hydrogen-bond acceptors (Lipinski definition) is 11. The lowest BCUT2D eigenvalue weighted by molar-refractivity contribution is -0.139. The number of carbonyl (C=O) groups is 3. The van der Waals surface area contributed by atoms with Crippen LogP contribution in [0.1, 0.15) is 25.7 Å². The van der Waals surface area contributed by atoms with E-state index in [0.717, 1.165) is 0 Å². The Balaban J connectivity index is 3.25. The molecule has 0 spiro atoms. The average Bonchev–Trinajstić information content (AvgIpc) is 2.82. The Morgan fingerprint density at radius 1 is 0.750 bits per heavy atom. The number of rotatable bonds is 26. The van der Waals surface area contributed by atoms with Gasteiger partial charge in [-0.25, -0.2) is 0 Å². The van der Waals surface area contributed by atoms with Gasteiger partial charge < -0.3 is 56.0 Å². The van der Waals surface area contributed by atoms with Gasteiger partial charge in [-0.2, -0.15) is 0 Å². The van der Waals surface area contributed by atoms with Crippen molar-refractivity contribution in [3.63, 3.8) is 0 Å². The van der Waals surface area contributed by atoms with Crippen LogP contribution in [0.25, 0.3) is 0 Å². The molecule has 14 heteroatoms. The van der Waals surface area contributed by atoms with Crippen molar-refractivity contribution in [2.75, 3.05) is 79.2 Å². The maximum atomic E-state index is 11.4. The Kier molecular flexibility index (Phi) is 22.5. The zero-order chi connectivity index (χ0) is 26.9. The molecule has 36 heavy (non-hydrogen) atoms. The van der Waals surface area contributed by atoms with Crippen molar-refractivity contribution >= 4 is 17.8 Å². The number of nitrogens with two attached hydrogens (primary N) is 2. The first-order valence-corrected chi connectivity index (χ1v) is 11.9. The van der Waals surface area contributed by atoms with Gasteiger partial charge in [0.05, 0.1) is 66.1 Å². The van der Waals surface area contributed by atoms with Crippen LogP contribution in [0.3, 0.4) is 0 Å². The summed E-state index contributed by atoms with van der Waals surface area (Å²) in [6.07, 6.45) is 2.09. The number of nitrogens with one attached hydrogen (secondary N) is 2. The fraction of sp³-hybridized carbons (Fsp3) is 0.773. The normalized spacial score (nSPS) is 12.3. The summed E-state index contributed by atoms with van der Waals surface area (Å²) >= 11 is 0. The lowest BCUT2D eigenvalue weighted by Crippen LogP contribution is -2.32. The van der Waals surface area contributed by atoms with E-state index in [0.29, 0.717) is 91.3 Å². The van der Waals surface area contributed by atoms with Crippen LogP contribution in [-0.2, 0) is 38.1 Å². The zero-order valence-corrected chi connectivity index (χ0v) is 20.8. The number of carboxylic acids is 2. The molecule has 0 fully saturated rings. The van der Waals surface area contributed by atoms with Gasteiger partial charge in [0.2, 0.25) is 5.91 Å². The first-order valence-electron chi connectivity index (χ1n) is 11.9. The third-order valence-corrected chi connectivity index (χ3v) is 4.30. The second-order valence-electron chi connectivity index (χ2n) is 7.48. The third kappa shape index (κ3) is 24.6. The van der Waals surface area contributed by atoms with E-state index in [9.17, 15) is 14.4 Å². The van der Waals surface area contributed by atoms with Crippen LogP contribution in [0.2, 0.25) is 0 Å². The molecule has 0 aliphatic heterocycles. The van der Waals surface area contributed by atoms with E-state index in [1.807, 2.05) is 0 Å². The quantitative estimate of drug-likeness (QED) is 0.0724. The maximum absolute atomic E-state index is 11.4. The van der Waals surface area contributed by atoms with Gasteiger partial charge in [-0.1, -0.05) is 0 Å². The van der Waals surface area contributed by atoms with Gasteiger partial charge in [0.25, 0.3) is 0 Å². The Hall–Kier alpha value is -2.49. The highest BCUT2D eigenvalue weighted by Gasteiger charge is 2.11. The Labute approximate surface area is 211 Å². The minimum absolute atomic E-state index is 0.0149. The minimum atomic E-state index is -1.10. The summed E-state index contributed by atoms with van der Waals surface area (Å²) in [4.78, 5) is 32.4. The van der Waals surface area contributed by atoms with Crippen LogP contribution in [-0.4, -0.2) is 113 Å². The van der Waals surface area contributed by atoms with Gasteiger partial charge in [-0.15, -0.1) is 0 Å². The lowest BCUT2D eigenvalue weighted by Gasteiger charge is -2.09. The summed E-state index contributed by atoms with van der Waals surface area (Å²) in [5.74, 6) is -2.19. The molecule has 1 atom stereocenters. The molecule has 0 heterocycles. The number of carboxylic acid groups (broad SMARTS) is 2. The molecule has 0 aromatic carbocycles. The molecular formula is C22H42N4O10. The lowest BCUT2D eigenvalue weighted by atomic mass is 10.2. The molecule has 0 rings (SSSR count). The monoisotopic (exact) mass is 522 g/mol. The molecule has 8 N–H and O–H groups in total. The van der Waals surface area contributed by atoms with Gasteiger partial charge >= 0.3 is 11.9 Å². The van der Waals surface area contributed by atoms with E-state index in [4.69, 9.17) is 45.4 Å². The second-order valence-corrected chi connectivity index (χ2v) is 7.48. The summed E-state index contributed by atoms with van der Waals surface area (Å²) < 4.78 is 26.9. The summed E-state index contributed by atoms with van der Waals surface area (Å²) in [5, 5.41) is 22.8. The number of amides is 1. The van der Waals surface area contributed by atoms with E-state index < -0.39 is 18.0 Å². The van der Waals surface area contributed by atoms with Crippen LogP contribution in [0.4, 0.5) is 0 Å². The predicted octanol–water partition coefficient (Wildman–Crippen LogP) is -1.37.